The van der Waals surface area contributed by atoms with Gasteiger partial charge in [0.05, 0.1) is 6.61 Å². The van der Waals surface area contributed by atoms with Crippen molar-refractivity contribution in [1.29, 1.82) is 0 Å². The molecule has 0 radical (unpaired) electrons. The van der Waals surface area contributed by atoms with Crippen LogP contribution in [0.4, 0.5) is 14.5 Å². The van der Waals surface area contributed by atoms with Crippen molar-refractivity contribution in [2.75, 3.05) is 25.1 Å². The zero-order chi connectivity index (χ0) is 11.8. The summed E-state index contributed by atoms with van der Waals surface area (Å²) in [5, 5.41) is 3.07. The van der Waals surface area contributed by atoms with Crippen LogP contribution < -0.4 is 5.32 Å². The number of nitrogens with one attached hydrogen (secondary N) is 1. The molecular weight excluding hydrogens is 232 g/mol. The van der Waals surface area contributed by atoms with Crippen LogP contribution in [0.15, 0.2) is 29.2 Å². The van der Waals surface area contributed by atoms with Crippen molar-refractivity contribution in [3.63, 3.8) is 0 Å². The van der Waals surface area contributed by atoms with E-state index in [1.165, 1.54) is 0 Å². The second kappa shape index (κ2) is 7.46. The Morgan fingerprint density at radius 3 is 2.81 bits per heavy atom. The summed E-state index contributed by atoms with van der Waals surface area (Å²) in [6.07, 6.45) is 0. The molecule has 2 nitrogen and oxygen atoms in total. The number of benzene rings is 1. The molecule has 1 N–H and O–H groups in total. The SMILES string of the molecule is CCOCCNc1ccccc1SC(F)F. The van der Waals surface area contributed by atoms with Crippen LogP contribution in [0, 0.1) is 0 Å². The maximum atomic E-state index is 12.3. The average Bonchev–Trinajstić information content (AvgIpc) is 2.26. The number of rotatable bonds is 7. The number of thioether (sulfide) groups is 1. The Morgan fingerprint density at radius 1 is 1.38 bits per heavy atom. The number of hydrogen-bond donors (Lipinski definition) is 1. The van der Waals surface area contributed by atoms with E-state index in [2.05, 4.69) is 5.32 Å². The molecule has 0 saturated heterocycles. The summed E-state index contributed by atoms with van der Waals surface area (Å²) in [5.41, 5.74) is 0.729. The van der Waals surface area contributed by atoms with Crippen molar-refractivity contribution in [2.24, 2.45) is 0 Å². The van der Waals surface area contributed by atoms with Crippen LogP contribution in [0.25, 0.3) is 0 Å². The molecule has 90 valence electrons. The van der Waals surface area contributed by atoms with Crippen LogP contribution in [0.3, 0.4) is 0 Å². The van der Waals surface area contributed by atoms with Gasteiger partial charge in [-0.25, -0.2) is 0 Å². The van der Waals surface area contributed by atoms with Crippen LogP contribution in [-0.4, -0.2) is 25.5 Å². The number of anilines is 1. The summed E-state index contributed by atoms with van der Waals surface area (Å²) in [7, 11) is 0. The second-order valence-corrected chi connectivity index (χ2v) is 4.03. The van der Waals surface area contributed by atoms with Gasteiger partial charge < -0.3 is 10.1 Å². The van der Waals surface area contributed by atoms with E-state index in [1.54, 1.807) is 18.2 Å². The Labute approximate surface area is 98.4 Å². The molecule has 0 aliphatic rings. The largest absolute Gasteiger partial charge is 0.382 e. The first-order chi connectivity index (χ1) is 7.74. The number of alkyl halides is 2. The fourth-order valence-corrected chi connectivity index (χ4v) is 1.83. The maximum Gasteiger partial charge on any atom is 0.288 e. The zero-order valence-corrected chi connectivity index (χ0v) is 9.90. The van der Waals surface area contributed by atoms with Crippen molar-refractivity contribution < 1.29 is 13.5 Å². The molecule has 0 bridgehead atoms. The average molecular weight is 247 g/mol. The smallest absolute Gasteiger partial charge is 0.288 e. The first-order valence-electron chi connectivity index (χ1n) is 5.09. The van der Waals surface area contributed by atoms with E-state index < -0.39 is 5.76 Å². The van der Waals surface area contributed by atoms with Crippen molar-refractivity contribution in [2.45, 2.75) is 17.6 Å². The first kappa shape index (κ1) is 13.3. The van der Waals surface area contributed by atoms with Gasteiger partial charge in [0.2, 0.25) is 0 Å². The molecule has 0 spiro atoms. The Kier molecular flexibility index (Phi) is 6.18. The molecule has 0 aliphatic heterocycles. The van der Waals surface area contributed by atoms with Crippen molar-refractivity contribution in [1.82, 2.24) is 0 Å². The summed E-state index contributed by atoms with van der Waals surface area (Å²) in [4.78, 5) is 0.564. The summed E-state index contributed by atoms with van der Waals surface area (Å²) < 4.78 is 29.7. The molecule has 1 aromatic carbocycles. The van der Waals surface area contributed by atoms with Crippen molar-refractivity contribution in [3.8, 4) is 0 Å². The highest BCUT2D eigenvalue weighted by Crippen LogP contribution is 2.31. The second-order valence-electron chi connectivity index (χ2n) is 3.00. The van der Waals surface area contributed by atoms with Gasteiger partial charge in [0, 0.05) is 23.7 Å². The van der Waals surface area contributed by atoms with E-state index in [0.717, 1.165) is 5.69 Å². The topological polar surface area (TPSA) is 21.3 Å². The van der Waals surface area contributed by atoms with E-state index in [-0.39, 0.29) is 0 Å². The highest BCUT2D eigenvalue weighted by molar-refractivity contribution is 7.99. The van der Waals surface area contributed by atoms with Crippen LogP contribution in [0.2, 0.25) is 0 Å². The quantitative estimate of drug-likeness (QED) is 0.589. The van der Waals surface area contributed by atoms with Gasteiger partial charge in [-0.3, -0.25) is 0 Å². The maximum absolute atomic E-state index is 12.3. The molecule has 0 aliphatic carbocycles. The third-order valence-electron chi connectivity index (χ3n) is 1.87. The highest BCUT2D eigenvalue weighted by Gasteiger charge is 2.08. The van der Waals surface area contributed by atoms with Crippen LogP contribution in [0.1, 0.15) is 6.92 Å². The molecule has 1 aromatic rings. The Morgan fingerprint density at radius 2 is 2.12 bits per heavy atom. The van der Waals surface area contributed by atoms with E-state index in [0.29, 0.717) is 36.4 Å². The molecule has 0 atom stereocenters. The standard InChI is InChI=1S/C11H15F2NOS/c1-2-15-8-7-14-9-5-3-4-6-10(9)16-11(12)13/h3-6,11,14H,2,7-8H2,1H3. The van der Waals surface area contributed by atoms with E-state index >= 15 is 0 Å². The van der Waals surface area contributed by atoms with Gasteiger partial charge in [-0.1, -0.05) is 23.9 Å². The predicted octanol–water partition coefficient (Wildman–Crippen LogP) is 3.45. The summed E-state index contributed by atoms with van der Waals surface area (Å²) in [6, 6.07) is 7.04. The minimum Gasteiger partial charge on any atom is -0.382 e. The monoisotopic (exact) mass is 247 g/mol. The molecule has 0 heterocycles. The minimum absolute atomic E-state index is 0.552. The van der Waals surface area contributed by atoms with Gasteiger partial charge in [-0.2, -0.15) is 8.78 Å². The third kappa shape index (κ3) is 4.81. The van der Waals surface area contributed by atoms with Crippen LogP contribution in [0.5, 0.6) is 0 Å². The molecule has 0 saturated carbocycles. The molecular formula is C11H15F2NOS. The number of para-hydroxylation sites is 1. The Balaban J connectivity index is 2.50. The van der Waals surface area contributed by atoms with Gasteiger partial charge in [0.1, 0.15) is 0 Å². The summed E-state index contributed by atoms with van der Waals surface area (Å²) >= 11 is 0.552. The van der Waals surface area contributed by atoms with Crippen LogP contribution in [-0.2, 0) is 4.74 Å². The molecule has 5 heteroatoms. The third-order valence-corrected chi connectivity index (χ3v) is 2.66. The molecule has 0 aromatic heterocycles. The van der Waals surface area contributed by atoms with E-state index in [4.69, 9.17) is 4.74 Å². The van der Waals surface area contributed by atoms with Gasteiger partial charge in [0.15, 0.2) is 0 Å². The summed E-state index contributed by atoms with van der Waals surface area (Å²) in [6.45, 7) is 3.77. The highest BCUT2D eigenvalue weighted by atomic mass is 32.2. The minimum atomic E-state index is -2.39. The fourth-order valence-electron chi connectivity index (χ4n) is 1.21. The van der Waals surface area contributed by atoms with Gasteiger partial charge in [-0.05, 0) is 19.1 Å². The lowest BCUT2D eigenvalue weighted by Crippen LogP contribution is -2.09. The van der Waals surface area contributed by atoms with Crippen molar-refractivity contribution in [3.05, 3.63) is 24.3 Å². The van der Waals surface area contributed by atoms with Gasteiger partial charge in [0.25, 0.3) is 5.76 Å². The zero-order valence-electron chi connectivity index (χ0n) is 9.08. The molecule has 0 unspecified atom stereocenters. The van der Waals surface area contributed by atoms with Gasteiger partial charge >= 0.3 is 0 Å². The van der Waals surface area contributed by atoms with Crippen molar-refractivity contribution >= 4 is 17.4 Å². The number of ether oxygens (including phenoxy) is 1. The lowest BCUT2D eigenvalue weighted by Gasteiger charge is -2.11. The lowest BCUT2D eigenvalue weighted by atomic mass is 10.3. The lowest BCUT2D eigenvalue weighted by molar-refractivity contribution is 0.158. The molecule has 1 rings (SSSR count). The predicted molar refractivity (Wildman–Crippen MR) is 63.3 cm³/mol. The van der Waals surface area contributed by atoms with E-state index in [1.807, 2.05) is 13.0 Å². The normalized spacial score (nSPS) is 10.8. The number of hydrogen-bond acceptors (Lipinski definition) is 3. The Hall–Kier alpha value is -0.810. The molecule has 0 fully saturated rings. The fraction of sp³-hybridized carbons (Fsp3) is 0.455. The molecule has 0 amide bonds. The van der Waals surface area contributed by atoms with E-state index in [9.17, 15) is 8.78 Å². The Bertz CT molecular complexity index is 310. The first-order valence-corrected chi connectivity index (χ1v) is 5.97. The summed E-state index contributed by atoms with van der Waals surface area (Å²) in [5.74, 6) is -2.39. The van der Waals surface area contributed by atoms with Gasteiger partial charge in [-0.15, -0.1) is 0 Å². The van der Waals surface area contributed by atoms with Crippen LogP contribution >= 0.6 is 11.8 Å². The number of halogens is 2. The molecule has 16 heavy (non-hydrogen) atoms.